The highest BCUT2D eigenvalue weighted by atomic mass is 19.4. The van der Waals surface area contributed by atoms with E-state index in [2.05, 4.69) is 11.2 Å². The van der Waals surface area contributed by atoms with Gasteiger partial charge in [0, 0.05) is 12.5 Å². The molecule has 0 aromatic heterocycles. The van der Waals surface area contributed by atoms with Crippen molar-refractivity contribution in [3.63, 3.8) is 0 Å². The predicted molar refractivity (Wildman–Crippen MR) is 56.2 cm³/mol. The van der Waals surface area contributed by atoms with Gasteiger partial charge >= 0.3 is 12.1 Å². The molecule has 5 nitrogen and oxygen atoms in total. The minimum Gasteiger partial charge on any atom is -0.475 e. The first-order valence-corrected chi connectivity index (χ1v) is 4.98. The van der Waals surface area contributed by atoms with E-state index in [-0.39, 0.29) is 17.9 Å². The molecule has 8 heteroatoms. The Morgan fingerprint density at radius 3 is 2.44 bits per heavy atom. The summed E-state index contributed by atoms with van der Waals surface area (Å²) in [5, 5.41) is 9.86. The third-order valence-corrected chi connectivity index (χ3v) is 2.16. The quantitative estimate of drug-likeness (QED) is 0.618. The van der Waals surface area contributed by atoms with Crippen molar-refractivity contribution in [1.29, 1.82) is 0 Å². The Balaban J connectivity index is 0.000000360. The van der Waals surface area contributed by atoms with Gasteiger partial charge in [0.1, 0.15) is 0 Å². The van der Waals surface area contributed by atoms with Gasteiger partial charge in [-0.25, -0.2) is 4.79 Å². The number of hydrogen-bond acceptors (Lipinski definition) is 3. The number of carboxylic acids is 1. The van der Waals surface area contributed by atoms with Crippen LogP contribution in [-0.4, -0.2) is 35.7 Å². The SMILES string of the molecule is C#CC(N)C[C@@H]1CCNC1=O.O=C(O)C(F)(F)F. The smallest absolute Gasteiger partial charge is 0.475 e. The second-order valence-electron chi connectivity index (χ2n) is 3.59. The molecule has 1 rings (SSSR count). The number of hydrogen-bond donors (Lipinski definition) is 3. The van der Waals surface area contributed by atoms with Gasteiger partial charge in [-0.2, -0.15) is 13.2 Å². The third kappa shape index (κ3) is 6.10. The van der Waals surface area contributed by atoms with E-state index in [1.54, 1.807) is 0 Å². The lowest BCUT2D eigenvalue weighted by atomic mass is 9.99. The molecule has 2 atom stereocenters. The maximum atomic E-state index is 11.0. The highest BCUT2D eigenvalue weighted by molar-refractivity contribution is 5.80. The van der Waals surface area contributed by atoms with Crippen LogP contribution in [0.15, 0.2) is 0 Å². The molecule has 0 saturated carbocycles. The van der Waals surface area contributed by atoms with Crippen LogP contribution in [0.2, 0.25) is 0 Å². The fourth-order valence-corrected chi connectivity index (χ4v) is 1.24. The summed E-state index contributed by atoms with van der Waals surface area (Å²) in [7, 11) is 0. The summed E-state index contributed by atoms with van der Waals surface area (Å²) in [4.78, 5) is 19.9. The summed E-state index contributed by atoms with van der Waals surface area (Å²) in [6, 6.07) is -0.274. The second kappa shape index (κ2) is 6.86. The van der Waals surface area contributed by atoms with Crippen molar-refractivity contribution in [2.24, 2.45) is 11.7 Å². The average Bonchev–Trinajstić information content (AvgIpc) is 2.64. The Morgan fingerprint density at radius 2 is 2.17 bits per heavy atom. The minimum absolute atomic E-state index is 0.0426. The first kappa shape index (κ1) is 16.2. The largest absolute Gasteiger partial charge is 0.490 e. The first-order valence-electron chi connectivity index (χ1n) is 4.98. The Bertz CT molecular complexity index is 349. The fraction of sp³-hybridized carbons (Fsp3) is 0.600. The molecular formula is C10H13F3N2O3. The molecule has 0 spiro atoms. The minimum atomic E-state index is -5.08. The second-order valence-corrected chi connectivity index (χ2v) is 3.59. The molecule has 0 aliphatic carbocycles. The molecule has 1 aliphatic rings. The van der Waals surface area contributed by atoms with E-state index in [0.717, 1.165) is 13.0 Å². The van der Waals surface area contributed by atoms with Gasteiger partial charge in [0.25, 0.3) is 0 Å². The molecule has 0 aromatic rings. The van der Waals surface area contributed by atoms with Crippen LogP contribution in [0.5, 0.6) is 0 Å². The van der Waals surface area contributed by atoms with Crippen LogP contribution in [0.25, 0.3) is 0 Å². The Morgan fingerprint density at radius 1 is 1.67 bits per heavy atom. The average molecular weight is 266 g/mol. The van der Waals surface area contributed by atoms with Crippen LogP contribution in [0, 0.1) is 18.3 Å². The summed E-state index contributed by atoms with van der Waals surface area (Å²) in [5.74, 6) is -0.211. The number of nitrogens with one attached hydrogen (secondary N) is 1. The zero-order valence-corrected chi connectivity index (χ0v) is 9.33. The topological polar surface area (TPSA) is 92.4 Å². The molecule has 4 N–H and O–H groups in total. The standard InChI is InChI=1S/C8H12N2O.C2HF3O2/c1-2-7(9)5-6-3-4-10-8(6)11;3-2(4,5)1(6)7/h1,6-7H,3-5,9H2,(H,10,11);(H,6,7)/t6-,7?;/m0./s1. The predicted octanol–water partition coefficient (Wildman–Crippen LogP) is 0.106. The van der Waals surface area contributed by atoms with E-state index < -0.39 is 12.1 Å². The van der Waals surface area contributed by atoms with Crippen LogP contribution in [0.3, 0.4) is 0 Å². The van der Waals surface area contributed by atoms with Crippen LogP contribution in [0.1, 0.15) is 12.8 Å². The zero-order chi connectivity index (χ0) is 14.3. The van der Waals surface area contributed by atoms with Gasteiger partial charge in [0.05, 0.1) is 6.04 Å². The van der Waals surface area contributed by atoms with Crippen molar-refractivity contribution < 1.29 is 27.9 Å². The zero-order valence-electron chi connectivity index (χ0n) is 9.33. The number of carbonyl (C=O) groups excluding carboxylic acids is 1. The molecule has 1 fully saturated rings. The van der Waals surface area contributed by atoms with Crippen molar-refractivity contribution in [3.05, 3.63) is 0 Å². The lowest BCUT2D eigenvalue weighted by molar-refractivity contribution is -0.192. The number of nitrogens with two attached hydrogens (primary N) is 1. The Labute approximate surface area is 102 Å². The summed E-state index contributed by atoms with van der Waals surface area (Å²) >= 11 is 0. The number of terminal acetylenes is 1. The highest BCUT2D eigenvalue weighted by Gasteiger charge is 2.38. The van der Waals surface area contributed by atoms with Gasteiger partial charge in [0.2, 0.25) is 5.91 Å². The summed E-state index contributed by atoms with van der Waals surface area (Å²) in [5.41, 5.74) is 5.50. The maximum Gasteiger partial charge on any atom is 0.490 e. The van der Waals surface area contributed by atoms with Crippen LogP contribution < -0.4 is 11.1 Å². The normalized spacial score (nSPS) is 20.2. The lowest BCUT2D eigenvalue weighted by Crippen LogP contribution is -2.26. The van der Waals surface area contributed by atoms with Crippen LogP contribution >= 0.6 is 0 Å². The first-order chi connectivity index (χ1) is 8.18. The van der Waals surface area contributed by atoms with E-state index >= 15 is 0 Å². The van der Waals surface area contributed by atoms with Gasteiger partial charge < -0.3 is 16.2 Å². The van der Waals surface area contributed by atoms with E-state index in [0.29, 0.717) is 6.42 Å². The number of carboxylic acid groups (broad SMARTS) is 1. The molecular weight excluding hydrogens is 253 g/mol. The van der Waals surface area contributed by atoms with Gasteiger partial charge in [-0.3, -0.25) is 4.79 Å². The fourth-order valence-electron chi connectivity index (χ4n) is 1.24. The molecule has 1 aliphatic heterocycles. The van der Waals surface area contributed by atoms with Crippen molar-refractivity contribution in [1.82, 2.24) is 5.32 Å². The number of carbonyl (C=O) groups is 2. The highest BCUT2D eigenvalue weighted by Crippen LogP contribution is 2.14. The Kier molecular flexibility index (Phi) is 6.19. The van der Waals surface area contributed by atoms with Gasteiger partial charge in [-0.15, -0.1) is 6.42 Å². The molecule has 1 unspecified atom stereocenters. The Hall–Kier alpha value is -1.75. The number of aliphatic carboxylic acids is 1. The van der Waals surface area contributed by atoms with Gasteiger partial charge in [-0.05, 0) is 12.8 Å². The van der Waals surface area contributed by atoms with E-state index in [4.69, 9.17) is 22.1 Å². The van der Waals surface area contributed by atoms with Crippen molar-refractivity contribution in [3.8, 4) is 12.3 Å². The maximum absolute atomic E-state index is 11.0. The van der Waals surface area contributed by atoms with Crippen molar-refractivity contribution in [2.45, 2.75) is 25.1 Å². The molecule has 1 heterocycles. The third-order valence-electron chi connectivity index (χ3n) is 2.16. The molecule has 0 radical (unpaired) electrons. The molecule has 102 valence electrons. The summed E-state index contributed by atoms with van der Waals surface area (Å²) in [6.07, 6.45) is 1.49. The molecule has 0 aromatic carbocycles. The van der Waals surface area contributed by atoms with Gasteiger partial charge in [-0.1, -0.05) is 5.92 Å². The van der Waals surface area contributed by atoms with Crippen molar-refractivity contribution >= 4 is 11.9 Å². The number of halogens is 3. The van der Waals surface area contributed by atoms with Crippen molar-refractivity contribution in [2.75, 3.05) is 6.54 Å². The monoisotopic (exact) mass is 266 g/mol. The summed E-state index contributed by atoms with van der Waals surface area (Å²) < 4.78 is 31.7. The molecule has 1 amide bonds. The molecule has 1 saturated heterocycles. The van der Waals surface area contributed by atoms with E-state index in [9.17, 15) is 18.0 Å². The lowest BCUT2D eigenvalue weighted by Gasteiger charge is -2.07. The number of amides is 1. The van der Waals surface area contributed by atoms with E-state index in [1.807, 2.05) is 0 Å². The van der Waals surface area contributed by atoms with Gasteiger partial charge in [0.15, 0.2) is 0 Å². The number of rotatable bonds is 2. The van der Waals surface area contributed by atoms with E-state index in [1.165, 1.54) is 0 Å². The van der Waals surface area contributed by atoms with Crippen LogP contribution in [0.4, 0.5) is 13.2 Å². The van der Waals surface area contributed by atoms with Crippen LogP contribution in [-0.2, 0) is 9.59 Å². The summed E-state index contributed by atoms with van der Waals surface area (Å²) in [6.45, 7) is 0.765. The number of alkyl halides is 3. The molecule has 18 heavy (non-hydrogen) atoms. The molecule has 0 bridgehead atoms.